The van der Waals surface area contributed by atoms with Crippen LogP contribution in [0.15, 0.2) is 40.3 Å². The number of thioether (sulfide) groups is 1. The topological polar surface area (TPSA) is 99.9 Å². The Bertz CT molecular complexity index is 656. The van der Waals surface area contributed by atoms with Gasteiger partial charge >= 0.3 is 5.69 Å². The van der Waals surface area contributed by atoms with Crippen molar-refractivity contribution in [3.8, 4) is 0 Å². The Balaban J connectivity index is 1.54. The van der Waals surface area contributed by atoms with Crippen LogP contribution in [-0.2, 0) is 9.53 Å². The number of aromatic nitrogens is 3. The minimum absolute atomic E-state index is 0.0407. The maximum absolute atomic E-state index is 11.6. The van der Waals surface area contributed by atoms with Crippen LogP contribution in [-0.4, -0.2) is 40.0 Å². The summed E-state index contributed by atoms with van der Waals surface area (Å²) in [6, 6.07) is 10.0. The molecule has 1 aromatic heterocycles. The van der Waals surface area contributed by atoms with E-state index in [-0.39, 0.29) is 23.5 Å². The molecule has 7 nitrogen and oxygen atoms in total. The highest BCUT2D eigenvalue weighted by atomic mass is 32.2. The molecule has 124 valence electrons. The number of benzene rings is 1. The molecule has 8 heteroatoms. The number of carbonyl (C=O) groups excluding carboxylic acids is 1. The van der Waals surface area contributed by atoms with Crippen molar-refractivity contribution in [2.45, 2.75) is 24.6 Å². The molecule has 1 aromatic carbocycles. The van der Waals surface area contributed by atoms with E-state index in [1.807, 2.05) is 37.3 Å². The molecule has 1 atom stereocenters. The lowest BCUT2D eigenvalue weighted by Crippen LogP contribution is -2.27. The summed E-state index contributed by atoms with van der Waals surface area (Å²) < 4.78 is 5.73. The van der Waals surface area contributed by atoms with Crippen LogP contribution < -0.4 is 11.0 Å². The van der Waals surface area contributed by atoms with Gasteiger partial charge < -0.3 is 10.1 Å². The Labute approximate surface area is 138 Å². The van der Waals surface area contributed by atoms with Gasteiger partial charge in [-0.25, -0.2) is 9.89 Å². The normalized spacial score (nSPS) is 12.0. The summed E-state index contributed by atoms with van der Waals surface area (Å²) in [7, 11) is 0. The molecule has 2 rings (SSSR count). The van der Waals surface area contributed by atoms with E-state index in [4.69, 9.17) is 4.74 Å². The molecule has 0 aliphatic carbocycles. The van der Waals surface area contributed by atoms with E-state index in [0.29, 0.717) is 18.3 Å². The lowest BCUT2D eigenvalue weighted by Gasteiger charge is -2.13. The molecule has 0 unspecified atom stereocenters. The van der Waals surface area contributed by atoms with Crippen LogP contribution in [0, 0.1) is 0 Å². The molecular formula is C15H20N4O3S. The number of hydrogen-bond donors (Lipinski definition) is 3. The number of ether oxygens (including phenoxy) is 1. The van der Waals surface area contributed by atoms with Gasteiger partial charge in [0.2, 0.25) is 5.91 Å². The fourth-order valence-electron chi connectivity index (χ4n) is 1.89. The van der Waals surface area contributed by atoms with Crippen LogP contribution >= 0.6 is 11.8 Å². The molecule has 0 fully saturated rings. The van der Waals surface area contributed by atoms with Crippen LogP contribution in [0.5, 0.6) is 0 Å². The smallest absolute Gasteiger partial charge is 0.341 e. The maximum Gasteiger partial charge on any atom is 0.341 e. The van der Waals surface area contributed by atoms with E-state index in [2.05, 4.69) is 20.5 Å². The first kappa shape index (κ1) is 17.3. The van der Waals surface area contributed by atoms with E-state index < -0.39 is 0 Å². The monoisotopic (exact) mass is 336 g/mol. The Morgan fingerprint density at radius 3 is 2.87 bits per heavy atom. The highest BCUT2D eigenvalue weighted by molar-refractivity contribution is 7.99. The second-order valence-corrected chi connectivity index (χ2v) is 5.86. The minimum Gasteiger partial charge on any atom is -0.374 e. The number of aromatic amines is 2. The Morgan fingerprint density at radius 2 is 2.17 bits per heavy atom. The average Bonchev–Trinajstić information content (AvgIpc) is 2.98. The van der Waals surface area contributed by atoms with Crippen molar-refractivity contribution in [2.24, 2.45) is 0 Å². The highest BCUT2D eigenvalue weighted by Crippen LogP contribution is 2.15. The quantitative estimate of drug-likeness (QED) is 0.476. The molecule has 0 radical (unpaired) electrons. The summed E-state index contributed by atoms with van der Waals surface area (Å²) in [5.74, 6) is 0.108. The second-order valence-electron chi connectivity index (χ2n) is 4.90. The molecule has 2 aromatic rings. The summed E-state index contributed by atoms with van der Waals surface area (Å²) >= 11 is 1.17. The van der Waals surface area contributed by atoms with Gasteiger partial charge in [-0.3, -0.25) is 9.78 Å². The zero-order valence-corrected chi connectivity index (χ0v) is 13.7. The number of H-pyrrole nitrogens is 2. The van der Waals surface area contributed by atoms with Gasteiger partial charge in [0, 0.05) is 13.2 Å². The Morgan fingerprint density at radius 1 is 1.39 bits per heavy atom. The van der Waals surface area contributed by atoms with Gasteiger partial charge in [-0.15, -0.1) is 5.10 Å². The fourth-order valence-corrected chi connectivity index (χ4v) is 2.53. The van der Waals surface area contributed by atoms with Gasteiger partial charge in [-0.2, -0.15) is 0 Å². The lowest BCUT2D eigenvalue weighted by atomic mass is 10.1. The van der Waals surface area contributed by atoms with Gasteiger partial charge in [0.1, 0.15) is 0 Å². The minimum atomic E-state index is -0.377. The number of amides is 1. The third-order valence-corrected chi connectivity index (χ3v) is 3.97. The molecule has 1 amide bonds. The lowest BCUT2D eigenvalue weighted by molar-refractivity contribution is -0.118. The van der Waals surface area contributed by atoms with Crippen LogP contribution in [0.2, 0.25) is 0 Å². The molecule has 0 saturated heterocycles. The largest absolute Gasteiger partial charge is 0.374 e. The first-order valence-electron chi connectivity index (χ1n) is 7.36. The van der Waals surface area contributed by atoms with Crippen LogP contribution in [0.25, 0.3) is 0 Å². The van der Waals surface area contributed by atoms with Crippen molar-refractivity contribution in [3.05, 3.63) is 46.4 Å². The zero-order chi connectivity index (χ0) is 16.5. The molecule has 3 N–H and O–H groups in total. The van der Waals surface area contributed by atoms with Gasteiger partial charge in [0.05, 0.1) is 11.9 Å². The summed E-state index contributed by atoms with van der Waals surface area (Å²) in [4.78, 5) is 25.0. The number of nitrogens with zero attached hydrogens (tertiary/aromatic N) is 1. The third-order valence-electron chi connectivity index (χ3n) is 3.10. The van der Waals surface area contributed by atoms with Crippen LogP contribution in [0.4, 0.5) is 0 Å². The zero-order valence-electron chi connectivity index (χ0n) is 12.9. The highest BCUT2D eigenvalue weighted by Gasteiger charge is 2.06. The third kappa shape index (κ3) is 6.29. The molecule has 0 saturated carbocycles. The van der Waals surface area contributed by atoms with E-state index in [1.54, 1.807) is 0 Å². The van der Waals surface area contributed by atoms with Crippen molar-refractivity contribution >= 4 is 17.7 Å². The molecular weight excluding hydrogens is 316 g/mol. The van der Waals surface area contributed by atoms with Crippen molar-refractivity contribution in [3.63, 3.8) is 0 Å². The fraction of sp³-hybridized carbons (Fsp3) is 0.400. The molecule has 0 aliphatic rings. The van der Waals surface area contributed by atoms with Crippen LogP contribution in [0.1, 0.15) is 25.0 Å². The summed E-state index contributed by atoms with van der Waals surface area (Å²) in [6.45, 7) is 3.14. The SMILES string of the molecule is C[C@H](OCCCNC(=O)CSc1n[nH]c(=O)[nH]1)c1ccccc1. The Hall–Kier alpha value is -2.06. The summed E-state index contributed by atoms with van der Waals surface area (Å²) in [5, 5.41) is 9.17. The first-order chi connectivity index (χ1) is 11.1. The number of carbonyl (C=O) groups is 1. The van der Waals surface area contributed by atoms with Gasteiger partial charge in [0.25, 0.3) is 0 Å². The van der Waals surface area contributed by atoms with Gasteiger partial charge in [-0.05, 0) is 18.9 Å². The number of rotatable bonds is 9. The standard InChI is InChI=1S/C15H20N4O3S/c1-11(12-6-3-2-4-7-12)22-9-5-8-16-13(20)10-23-15-17-14(21)18-19-15/h2-4,6-7,11H,5,8-10H2,1H3,(H,16,20)(H2,17,18,19,21)/t11-/m0/s1. The van der Waals surface area contributed by atoms with E-state index >= 15 is 0 Å². The van der Waals surface area contributed by atoms with Crippen LogP contribution in [0.3, 0.4) is 0 Å². The molecule has 23 heavy (non-hydrogen) atoms. The van der Waals surface area contributed by atoms with Gasteiger partial charge in [-0.1, -0.05) is 42.1 Å². The Kier molecular flexibility index (Phi) is 6.89. The molecule has 0 spiro atoms. The number of nitrogens with one attached hydrogen (secondary N) is 3. The van der Waals surface area contributed by atoms with E-state index in [1.165, 1.54) is 11.8 Å². The molecule has 1 heterocycles. The molecule has 0 bridgehead atoms. The maximum atomic E-state index is 11.6. The van der Waals surface area contributed by atoms with E-state index in [9.17, 15) is 9.59 Å². The van der Waals surface area contributed by atoms with Crippen molar-refractivity contribution in [2.75, 3.05) is 18.9 Å². The summed E-state index contributed by atoms with van der Waals surface area (Å²) in [5.41, 5.74) is 0.763. The number of hydrogen-bond acceptors (Lipinski definition) is 5. The van der Waals surface area contributed by atoms with Crippen molar-refractivity contribution in [1.29, 1.82) is 0 Å². The van der Waals surface area contributed by atoms with Crippen molar-refractivity contribution < 1.29 is 9.53 Å². The van der Waals surface area contributed by atoms with E-state index in [0.717, 1.165) is 12.0 Å². The van der Waals surface area contributed by atoms with Gasteiger partial charge in [0.15, 0.2) is 5.16 Å². The predicted octanol–water partition coefficient (Wildman–Crippen LogP) is 1.47. The molecule has 0 aliphatic heterocycles. The van der Waals surface area contributed by atoms with Crippen molar-refractivity contribution in [1.82, 2.24) is 20.5 Å². The summed E-state index contributed by atoms with van der Waals surface area (Å²) in [6.07, 6.45) is 0.784. The average molecular weight is 336 g/mol. The second kappa shape index (κ2) is 9.16. The predicted molar refractivity (Wildman–Crippen MR) is 88.4 cm³/mol. The first-order valence-corrected chi connectivity index (χ1v) is 8.34.